The molecule has 0 aromatic rings. The molecule has 0 bridgehead atoms. The molecule has 0 unspecified atom stereocenters. The Morgan fingerprint density at radius 1 is 1.77 bits per heavy atom. The molecule has 76 valence electrons. The molecular weight excluding hydrogens is 194 g/mol. The summed E-state index contributed by atoms with van der Waals surface area (Å²) in [6.45, 7) is 6.89. The number of amides is 1. The third kappa shape index (κ3) is 6.59. The molecule has 0 aliphatic rings. The van der Waals surface area contributed by atoms with Crippen LogP contribution in [0.2, 0.25) is 0 Å². The second kappa shape index (κ2) is 5.98. The van der Waals surface area contributed by atoms with Crippen LogP contribution in [0.3, 0.4) is 0 Å². The molecule has 0 aromatic carbocycles. The highest BCUT2D eigenvalue weighted by molar-refractivity contribution is 7.94. The summed E-state index contributed by atoms with van der Waals surface area (Å²) in [7, 11) is 0. The minimum absolute atomic E-state index is 0.270. The molecular formula is C7H12NO4S-. The molecule has 0 aliphatic carbocycles. The molecule has 0 radical (unpaired) electrons. The SMILES string of the molecule is C=CC(=O)NC(C)(C)CSOO[O-]. The maximum atomic E-state index is 10.9. The second-order valence-electron chi connectivity index (χ2n) is 2.98. The number of rotatable bonds is 6. The lowest BCUT2D eigenvalue weighted by Crippen LogP contribution is -2.44. The van der Waals surface area contributed by atoms with Gasteiger partial charge >= 0.3 is 0 Å². The fourth-order valence-corrected chi connectivity index (χ4v) is 1.07. The lowest BCUT2D eigenvalue weighted by Gasteiger charge is -2.24. The summed E-state index contributed by atoms with van der Waals surface area (Å²) in [4.78, 5) is 10.9. The topological polar surface area (TPSA) is 70.6 Å². The summed E-state index contributed by atoms with van der Waals surface area (Å²) >= 11 is 0.829. The van der Waals surface area contributed by atoms with Crippen LogP contribution in [0, 0.1) is 0 Å². The van der Waals surface area contributed by atoms with Gasteiger partial charge in [0.2, 0.25) is 5.91 Å². The van der Waals surface area contributed by atoms with E-state index in [-0.39, 0.29) is 5.91 Å². The van der Waals surface area contributed by atoms with E-state index in [0.717, 1.165) is 12.0 Å². The van der Waals surface area contributed by atoms with Crippen LogP contribution in [0.25, 0.3) is 0 Å². The van der Waals surface area contributed by atoms with Crippen molar-refractivity contribution >= 4 is 17.9 Å². The molecule has 0 fully saturated rings. The Hall–Kier alpha value is -0.560. The van der Waals surface area contributed by atoms with Crippen molar-refractivity contribution in [3.05, 3.63) is 12.7 Å². The molecule has 6 heteroatoms. The Morgan fingerprint density at radius 3 is 2.85 bits per heavy atom. The first-order valence-electron chi connectivity index (χ1n) is 3.54. The van der Waals surface area contributed by atoms with Gasteiger partial charge in [-0.15, -0.1) is 0 Å². The van der Waals surface area contributed by atoms with Crippen molar-refractivity contribution in [2.45, 2.75) is 19.4 Å². The number of hydrogen-bond donors (Lipinski definition) is 1. The second-order valence-corrected chi connectivity index (χ2v) is 3.64. The van der Waals surface area contributed by atoms with Crippen LogP contribution >= 0.6 is 12.0 Å². The molecule has 1 amide bonds. The number of hydrogen-bond acceptors (Lipinski definition) is 5. The van der Waals surface area contributed by atoms with E-state index in [4.69, 9.17) is 0 Å². The predicted molar refractivity (Wildman–Crippen MR) is 47.0 cm³/mol. The highest BCUT2D eigenvalue weighted by Gasteiger charge is 2.19. The average Bonchev–Trinajstić information content (AvgIpc) is 2.03. The normalized spacial score (nSPS) is 11.0. The zero-order valence-corrected chi connectivity index (χ0v) is 8.35. The summed E-state index contributed by atoms with van der Waals surface area (Å²) in [5.74, 6) is 0.128. The van der Waals surface area contributed by atoms with Crippen molar-refractivity contribution in [3.8, 4) is 0 Å². The van der Waals surface area contributed by atoms with Gasteiger partial charge in [0, 0.05) is 23.3 Å². The monoisotopic (exact) mass is 206 g/mol. The van der Waals surface area contributed by atoms with E-state index in [9.17, 15) is 10.1 Å². The molecule has 0 saturated carbocycles. The van der Waals surface area contributed by atoms with Crippen molar-refractivity contribution in [2.75, 3.05) is 5.75 Å². The molecule has 0 atom stereocenters. The number of carbonyl (C=O) groups excluding carboxylic acids is 1. The van der Waals surface area contributed by atoms with Gasteiger partial charge in [-0.1, -0.05) is 6.58 Å². The molecule has 0 rings (SSSR count). The molecule has 0 heterocycles. The third-order valence-electron chi connectivity index (χ3n) is 1.14. The van der Waals surface area contributed by atoms with Crippen LogP contribution in [0.5, 0.6) is 0 Å². The van der Waals surface area contributed by atoms with E-state index in [1.165, 1.54) is 6.08 Å². The molecule has 0 spiro atoms. The van der Waals surface area contributed by atoms with E-state index in [0.29, 0.717) is 5.75 Å². The summed E-state index contributed by atoms with van der Waals surface area (Å²) in [6, 6.07) is 0. The summed E-state index contributed by atoms with van der Waals surface area (Å²) < 4.78 is 4.07. The fourth-order valence-electron chi connectivity index (χ4n) is 0.612. The number of carbonyl (C=O) groups is 1. The minimum Gasteiger partial charge on any atom is -0.691 e. The number of nitrogens with one attached hydrogen (secondary N) is 1. The van der Waals surface area contributed by atoms with Gasteiger partial charge in [-0.3, -0.25) is 9.83 Å². The Morgan fingerprint density at radius 2 is 2.38 bits per heavy atom. The molecule has 13 heavy (non-hydrogen) atoms. The third-order valence-corrected chi connectivity index (χ3v) is 2.13. The Balaban J connectivity index is 3.78. The molecule has 0 aromatic heterocycles. The van der Waals surface area contributed by atoms with Crippen molar-refractivity contribution in [3.63, 3.8) is 0 Å². The Labute approximate surface area is 81.2 Å². The van der Waals surface area contributed by atoms with Crippen molar-refractivity contribution in [1.82, 2.24) is 5.32 Å². The van der Waals surface area contributed by atoms with Gasteiger partial charge in [0.15, 0.2) is 0 Å². The summed E-state index contributed by atoms with van der Waals surface area (Å²) in [5, 5.41) is 15.2. The quantitative estimate of drug-likeness (QED) is 0.217. The maximum Gasteiger partial charge on any atom is 0.243 e. The molecule has 1 N–H and O–H groups in total. The van der Waals surface area contributed by atoms with Gasteiger partial charge in [0.1, 0.15) is 0 Å². The summed E-state index contributed by atoms with van der Waals surface area (Å²) in [6.07, 6.45) is 1.18. The van der Waals surface area contributed by atoms with Crippen LogP contribution in [-0.2, 0) is 14.2 Å². The van der Waals surface area contributed by atoms with Gasteiger partial charge in [-0.25, -0.2) is 0 Å². The van der Waals surface area contributed by atoms with Crippen molar-refractivity contribution in [2.24, 2.45) is 0 Å². The molecule has 0 saturated heterocycles. The largest absolute Gasteiger partial charge is 0.691 e. The lowest BCUT2D eigenvalue weighted by atomic mass is 10.1. The first-order chi connectivity index (χ1) is 6.02. The highest BCUT2D eigenvalue weighted by Crippen LogP contribution is 2.12. The van der Waals surface area contributed by atoms with Crippen LogP contribution in [-0.4, -0.2) is 17.2 Å². The first-order valence-corrected chi connectivity index (χ1v) is 4.45. The lowest BCUT2D eigenvalue weighted by molar-refractivity contribution is -0.777. The average molecular weight is 206 g/mol. The van der Waals surface area contributed by atoms with Gasteiger partial charge in [-0.05, 0) is 19.9 Å². The zero-order valence-electron chi connectivity index (χ0n) is 7.53. The maximum absolute atomic E-state index is 10.9. The van der Waals surface area contributed by atoms with E-state index in [1.807, 2.05) is 0 Å². The van der Waals surface area contributed by atoms with Crippen molar-refractivity contribution in [1.29, 1.82) is 0 Å². The van der Waals surface area contributed by atoms with Gasteiger partial charge in [0.05, 0.1) is 0 Å². The van der Waals surface area contributed by atoms with Crippen LogP contribution in [0.4, 0.5) is 0 Å². The van der Waals surface area contributed by atoms with Crippen LogP contribution in [0.1, 0.15) is 13.8 Å². The minimum atomic E-state index is -0.478. The highest BCUT2D eigenvalue weighted by atomic mass is 32.2. The van der Waals surface area contributed by atoms with Gasteiger partial charge in [0.25, 0.3) is 0 Å². The van der Waals surface area contributed by atoms with Crippen LogP contribution in [0.15, 0.2) is 12.7 Å². The molecule has 0 aliphatic heterocycles. The van der Waals surface area contributed by atoms with E-state index in [2.05, 4.69) is 21.3 Å². The van der Waals surface area contributed by atoms with Crippen LogP contribution < -0.4 is 10.6 Å². The van der Waals surface area contributed by atoms with E-state index >= 15 is 0 Å². The standard InChI is InChI=1S/C7H13NO4S/c1-4-6(9)8-7(2,3)5-13-12-11-10/h4,10H,1,5H2,2-3H3,(H,8,9)/p-1. The van der Waals surface area contributed by atoms with Gasteiger partial charge < -0.3 is 10.6 Å². The first kappa shape index (κ1) is 12.4. The van der Waals surface area contributed by atoms with Gasteiger partial charge in [-0.2, -0.15) is 4.33 Å². The van der Waals surface area contributed by atoms with Crippen molar-refractivity contribution < 1.29 is 19.4 Å². The Bertz CT molecular complexity index is 183. The summed E-state index contributed by atoms with van der Waals surface area (Å²) in [5.41, 5.74) is -0.478. The predicted octanol–water partition coefficient (Wildman–Crippen LogP) is -0.0611. The molecule has 5 nitrogen and oxygen atoms in total. The smallest absolute Gasteiger partial charge is 0.243 e. The van der Waals surface area contributed by atoms with E-state index in [1.54, 1.807) is 13.8 Å². The zero-order chi connectivity index (χ0) is 10.3. The van der Waals surface area contributed by atoms with E-state index < -0.39 is 5.54 Å². The Kier molecular flexibility index (Phi) is 5.72. The fraction of sp³-hybridized carbons (Fsp3) is 0.571.